The van der Waals surface area contributed by atoms with Gasteiger partial charge in [0.2, 0.25) is 11.7 Å². The molecule has 0 aliphatic heterocycles. The minimum Gasteiger partial charge on any atom is -0.493 e. The molecule has 0 saturated carbocycles. The molecule has 8 heteroatoms. The van der Waals surface area contributed by atoms with Crippen molar-refractivity contribution in [2.75, 3.05) is 26.6 Å². The zero-order valence-electron chi connectivity index (χ0n) is 14.8. The zero-order valence-corrected chi connectivity index (χ0v) is 14.8. The fourth-order valence-corrected chi connectivity index (χ4v) is 2.53. The third kappa shape index (κ3) is 4.41. The van der Waals surface area contributed by atoms with E-state index in [1.165, 1.54) is 39.5 Å². The average Bonchev–Trinajstić information content (AvgIpc) is 2.65. The van der Waals surface area contributed by atoms with Crippen LogP contribution in [0.1, 0.15) is 12.0 Å². The maximum atomic E-state index is 12.2. The second kappa shape index (κ2) is 8.70. The number of benzene rings is 2. The monoisotopic (exact) mass is 360 g/mol. The number of ether oxygens (including phenoxy) is 3. The van der Waals surface area contributed by atoms with Crippen LogP contribution in [0.2, 0.25) is 0 Å². The molecule has 0 atom stereocenters. The van der Waals surface area contributed by atoms with E-state index in [9.17, 15) is 14.9 Å². The first-order valence-corrected chi connectivity index (χ1v) is 7.82. The van der Waals surface area contributed by atoms with E-state index in [4.69, 9.17) is 14.2 Å². The Morgan fingerprint density at radius 2 is 1.81 bits per heavy atom. The number of hydrogen-bond acceptors (Lipinski definition) is 6. The van der Waals surface area contributed by atoms with Gasteiger partial charge in [-0.05, 0) is 24.1 Å². The molecule has 0 aromatic heterocycles. The fraction of sp³-hybridized carbons (Fsp3) is 0.278. The van der Waals surface area contributed by atoms with Gasteiger partial charge in [0, 0.05) is 24.2 Å². The van der Waals surface area contributed by atoms with E-state index in [1.807, 2.05) is 0 Å². The zero-order chi connectivity index (χ0) is 19.1. The molecule has 138 valence electrons. The van der Waals surface area contributed by atoms with Gasteiger partial charge in [-0.1, -0.05) is 12.1 Å². The highest BCUT2D eigenvalue weighted by atomic mass is 16.6. The Labute approximate surface area is 150 Å². The van der Waals surface area contributed by atoms with Crippen LogP contribution in [-0.4, -0.2) is 32.2 Å². The van der Waals surface area contributed by atoms with Gasteiger partial charge < -0.3 is 19.5 Å². The van der Waals surface area contributed by atoms with Gasteiger partial charge in [0.1, 0.15) is 0 Å². The summed E-state index contributed by atoms with van der Waals surface area (Å²) in [6, 6.07) is 9.35. The molecule has 0 unspecified atom stereocenters. The first kappa shape index (κ1) is 19.0. The SMILES string of the molecule is COc1ccc(CCC(=O)Nc2cccc([N+](=O)[O-])c2)c(OC)c1OC. The van der Waals surface area contributed by atoms with Crippen molar-refractivity contribution in [1.29, 1.82) is 0 Å². The van der Waals surface area contributed by atoms with Crippen LogP contribution in [0.15, 0.2) is 36.4 Å². The van der Waals surface area contributed by atoms with E-state index in [-0.39, 0.29) is 18.0 Å². The summed E-state index contributed by atoms with van der Waals surface area (Å²) in [4.78, 5) is 22.4. The number of hydrogen-bond donors (Lipinski definition) is 1. The summed E-state index contributed by atoms with van der Waals surface area (Å²) in [7, 11) is 4.56. The molecule has 0 aliphatic rings. The molecule has 0 saturated heterocycles. The Balaban J connectivity index is 2.08. The highest BCUT2D eigenvalue weighted by Crippen LogP contribution is 2.40. The number of carbonyl (C=O) groups excluding carboxylic acids is 1. The molecule has 0 spiro atoms. The van der Waals surface area contributed by atoms with Gasteiger partial charge in [0.05, 0.1) is 26.3 Å². The first-order valence-electron chi connectivity index (χ1n) is 7.82. The lowest BCUT2D eigenvalue weighted by atomic mass is 10.1. The van der Waals surface area contributed by atoms with Crippen LogP contribution in [-0.2, 0) is 11.2 Å². The summed E-state index contributed by atoms with van der Waals surface area (Å²) in [6.45, 7) is 0. The smallest absolute Gasteiger partial charge is 0.271 e. The number of nitrogens with one attached hydrogen (secondary N) is 1. The number of amides is 1. The van der Waals surface area contributed by atoms with Gasteiger partial charge in [-0.3, -0.25) is 14.9 Å². The third-order valence-electron chi connectivity index (χ3n) is 3.75. The van der Waals surface area contributed by atoms with Gasteiger partial charge in [-0.25, -0.2) is 0 Å². The molecule has 0 bridgehead atoms. The quantitative estimate of drug-likeness (QED) is 0.573. The molecule has 26 heavy (non-hydrogen) atoms. The molecule has 0 radical (unpaired) electrons. The molecule has 0 heterocycles. The highest BCUT2D eigenvalue weighted by Gasteiger charge is 2.16. The largest absolute Gasteiger partial charge is 0.493 e. The fourth-order valence-electron chi connectivity index (χ4n) is 2.53. The maximum absolute atomic E-state index is 12.2. The topological polar surface area (TPSA) is 99.9 Å². The van der Waals surface area contributed by atoms with Crippen molar-refractivity contribution in [3.05, 3.63) is 52.1 Å². The van der Waals surface area contributed by atoms with E-state index < -0.39 is 4.92 Å². The van der Waals surface area contributed by atoms with Crippen LogP contribution in [0.25, 0.3) is 0 Å². The Hall–Kier alpha value is -3.29. The highest BCUT2D eigenvalue weighted by molar-refractivity contribution is 5.91. The number of nitrogens with zero attached hydrogens (tertiary/aromatic N) is 1. The minimum atomic E-state index is -0.510. The van der Waals surface area contributed by atoms with Crippen molar-refractivity contribution in [3.63, 3.8) is 0 Å². The van der Waals surface area contributed by atoms with Crippen molar-refractivity contribution in [2.45, 2.75) is 12.8 Å². The predicted octanol–water partition coefficient (Wildman–Crippen LogP) is 3.19. The van der Waals surface area contributed by atoms with Crippen LogP contribution in [0.5, 0.6) is 17.2 Å². The summed E-state index contributed by atoms with van der Waals surface area (Å²) in [6.07, 6.45) is 0.582. The van der Waals surface area contributed by atoms with Gasteiger partial charge in [-0.2, -0.15) is 0 Å². The number of aryl methyl sites for hydroxylation is 1. The summed E-state index contributed by atoms with van der Waals surface area (Å²) >= 11 is 0. The number of rotatable bonds is 8. The second-order valence-electron chi connectivity index (χ2n) is 5.35. The Morgan fingerprint density at radius 3 is 2.42 bits per heavy atom. The normalized spacial score (nSPS) is 10.1. The Morgan fingerprint density at radius 1 is 1.08 bits per heavy atom. The number of non-ortho nitro benzene ring substituents is 1. The Kier molecular flexibility index (Phi) is 6.37. The molecule has 2 rings (SSSR count). The number of carbonyl (C=O) groups is 1. The summed E-state index contributed by atoms with van der Waals surface area (Å²) < 4.78 is 15.9. The average molecular weight is 360 g/mol. The van der Waals surface area contributed by atoms with Gasteiger partial charge >= 0.3 is 0 Å². The molecular formula is C18H20N2O6. The molecule has 2 aromatic carbocycles. The predicted molar refractivity (Wildman–Crippen MR) is 96.1 cm³/mol. The van der Waals surface area contributed by atoms with Crippen molar-refractivity contribution >= 4 is 17.3 Å². The van der Waals surface area contributed by atoms with Crippen LogP contribution < -0.4 is 19.5 Å². The van der Waals surface area contributed by atoms with Crippen molar-refractivity contribution in [2.24, 2.45) is 0 Å². The summed E-state index contributed by atoms with van der Waals surface area (Å²) in [5, 5.41) is 13.4. The van der Waals surface area contributed by atoms with E-state index in [0.29, 0.717) is 29.4 Å². The van der Waals surface area contributed by atoms with Crippen LogP contribution in [0.3, 0.4) is 0 Å². The van der Waals surface area contributed by atoms with Crippen molar-refractivity contribution in [3.8, 4) is 17.2 Å². The molecule has 1 amide bonds. The summed E-state index contributed by atoms with van der Waals surface area (Å²) in [5.74, 6) is 1.25. The summed E-state index contributed by atoms with van der Waals surface area (Å²) in [5.41, 5.74) is 1.09. The lowest BCUT2D eigenvalue weighted by molar-refractivity contribution is -0.384. The minimum absolute atomic E-state index is 0.0793. The van der Waals surface area contributed by atoms with Gasteiger partial charge in [0.25, 0.3) is 5.69 Å². The van der Waals surface area contributed by atoms with Gasteiger partial charge in [-0.15, -0.1) is 0 Å². The number of nitro benzene ring substituents is 1. The van der Waals surface area contributed by atoms with Crippen LogP contribution in [0.4, 0.5) is 11.4 Å². The second-order valence-corrected chi connectivity index (χ2v) is 5.35. The first-order chi connectivity index (χ1) is 12.5. The molecule has 0 fully saturated rings. The van der Waals surface area contributed by atoms with E-state index >= 15 is 0 Å². The van der Waals surface area contributed by atoms with Crippen LogP contribution in [0, 0.1) is 10.1 Å². The molecule has 1 N–H and O–H groups in total. The van der Waals surface area contributed by atoms with Crippen molar-refractivity contribution < 1.29 is 23.9 Å². The van der Waals surface area contributed by atoms with Crippen molar-refractivity contribution in [1.82, 2.24) is 0 Å². The number of nitro groups is 1. The third-order valence-corrected chi connectivity index (χ3v) is 3.75. The number of methoxy groups -OCH3 is 3. The van der Waals surface area contributed by atoms with Crippen LogP contribution >= 0.6 is 0 Å². The molecule has 8 nitrogen and oxygen atoms in total. The molecule has 2 aromatic rings. The maximum Gasteiger partial charge on any atom is 0.271 e. The lowest BCUT2D eigenvalue weighted by Crippen LogP contribution is -2.12. The number of anilines is 1. The molecule has 0 aliphatic carbocycles. The Bertz CT molecular complexity index is 806. The molecular weight excluding hydrogens is 340 g/mol. The van der Waals surface area contributed by atoms with E-state index in [0.717, 1.165) is 5.56 Å². The van der Waals surface area contributed by atoms with E-state index in [2.05, 4.69) is 5.32 Å². The van der Waals surface area contributed by atoms with Gasteiger partial charge in [0.15, 0.2) is 11.5 Å². The standard InChI is InChI=1S/C18H20N2O6/c1-24-15-9-7-12(17(25-2)18(15)26-3)8-10-16(21)19-13-5-4-6-14(11-13)20(22)23/h4-7,9,11H,8,10H2,1-3H3,(H,19,21). The van der Waals surface area contributed by atoms with E-state index in [1.54, 1.807) is 18.2 Å². The lowest BCUT2D eigenvalue weighted by Gasteiger charge is -2.15.